The minimum Gasteiger partial charge on any atom is -0.399 e. The van der Waals surface area contributed by atoms with Gasteiger partial charge in [-0.25, -0.2) is 0 Å². The van der Waals surface area contributed by atoms with Crippen LogP contribution in [0.2, 0.25) is 0 Å². The summed E-state index contributed by atoms with van der Waals surface area (Å²) in [6.45, 7) is 0. The van der Waals surface area contributed by atoms with Gasteiger partial charge >= 0.3 is 0 Å². The maximum Gasteiger partial charge on any atom is 0.269 e. The Morgan fingerprint density at radius 1 is 1.25 bits per heavy atom. The Morgan fingerprint density at radius 2 is 2.00 bits per heavy atom. The zero-order chi connectivity index (χ0) is 14.7. The first-order valence-corrected chi connectivity index (χ1v) is 7.75. The van der Waals surface area contributed by atoms with Crippen molar-refractivity contribution in [3.8, 4) is 0 Å². The number of hydrogen-bond acceptors (Lipinski definition) is 4. The fraction of sp³-hybridized carbons (Fsp3) is 0.0769. The molecule has 0 saturated heterocycles. The monoisotopic (exact) mass is 354 g/mol. The van der Waals surface area contributed by atoms with Gasteiger partial charge in [0.2, 0.25) is 0 Å². The zero-order valence-corrected chi connectivity index (χ0v) is 12.7. The fourth-order valence-corrected chi connectivity index (χ4v) is 3.76. The Bertz CT molecular complexity index is 691. The first kappa shape index (κ1) is 14.7. The van der Waals surface area contributed by atoms with Crippen molar-refractivity contribution in [2.45, 2.75) is 10.6 Å². The molecule has 0 amide bonds. The highest BCUT2D eigenvalue weighted by Gasteiger charge is 2.12. The molecule has 0 bridgehead atoms. The third kappa shape index (κ3) is 3.43. The average Bonchev–Trinajstić information content (AvgIpc) is 2.38. The quantitative estimate of drug-likeness (QED) is 0.518. The van der Waals surface area contributed by atoms with Crippen molar-refractivity contribution >= 4 is 38.1 Å². The van der Waals surface area contributed by atoms with Gasteiger partial charge in [0.1, 0.15) is 0 Å². The van der Waals surface area contributed by atoms with Gasteiger partial charge in [0.05, 0.1) is 26.4 Å². The van der Waals surface area contributed by atoms with E-state index in [-0.39, 0.29) is 11.4 Å². The minimum atomic E-state index is -1.30. The zero-order valence-electron chi connectivity index (χ0n) is 10.3. The van der Waals surface area contributed by atoms with Gasteiger partial charge in [0, 0.05) is 22.3 Å². The van der Waals surface area contributed by atoms with Crippen LogP contribution in [0.1, 0.15) is 5.56 Å². The summed E-state index contributed by atoms with van der Waals surface area (Å²) in [5, 5.41) is 10.7. The number of nitrogens with two attached hydrogens (primary N) is 1. The molecular weight excluding hydrogens is 344 g/mol. The van der Waals surface area contributed by atoms with Gasteiger partial charge in [0.15, 0.2) is 0 Å². The molecule has 0 aliphatic rings. The van der Waals surface area contributed by atoms with Gasteiger partial charge in [-0.3, -0.25) is 14.3 Å². The molecule has 5 nitrogen and oxygen atoms in total. The van der Waals surface area contributed by atoms with Gasteiger partial charge in [0.25, 0.3) is 5.69 Å². The minimum absolute atomic E-state index is 0.00382. The second-order valence-electron chi connectivity index (χ2n) is 4.11. The molecule has 2 rings (SSSR count). The van der Waals surface area contributed by atoms with E-state index in [0.29, 0.717) is 20.6 Å². The van der Waals surface area contributed by atoms with E-state index in [0.717, 1.165) is 0 Å². The lowest BCUT2D eigenvalue weighted by Gasteiger charge is -2.06. The van der Waals surface area contributed by atoms with Crippen LogP contribution < -0.4 is 5.73 Å². The maximum absolute atomic E-state index is 12.3. The SMILES string of the molecule is Nc1ccc(S(=O)Cc2cccc([N+](=O)[O-])c2)c(Br)c1. The first-order chi connectivity index (χ1) is 9.47. The maximum atomic E-state index is 12.3. The highest BCUT2D eigenvalue weighted by atomic mass is 79.9. The number of hydrogen-bond donors (Lipinski definition) is 1. The summed E-state index contributed by atoms with van der Waals surface area (Å²) < 4.78 is 13.0. The fourth-order valence-electron chi connectivity index (χ4n) is 1.69. The third-order valence-electron chi connectivity index (χ3n) is 2.62. The predicted octanol–water partition coefficient (Wildman–Crippen LogP) is 3.25. The standard InChI is InChI=1S/C13H11BrN2O3S/c14-12-7-10(15)4-5-13(12)20(19)8-9-2-1-3-11(6-9)16(17)18/h1-7H,8,15H2. The van der Waals surface area contributed by atoms with Crippen molar-refractivity contribution < 1.29 is 9.13 Å². The predicted molar refractivity (Wildman–Crippen MR) is 81.8 cm³/mol. The molecule has 0 radical (unpaired) electrons. The number of benzene rings is 2. The van der Waals surface area contributed by atoms with Crippen molar-refractivity contribution in [3.05, 3.63) is 62.6 Å². The van der Waals surface area contributed by atoms with Crippen molar-refractivity contribution in [2.75, 3.05) is 5.73 Å². The Labute approximate surface area is 126 Å². The van der Waals surface area contributed by atoms with Gasteiger partial charge in [-0.15, -0.1) is 0 Å². The van der Waals surface area contributed by atoms with Crippen LogP contribution in [0, 0.1) is 10.1 Å². The largest absolute Gasteiger partial charge is 0.399 e. The third-order valence-corrected chi connectivity index (χ3v) is 4.98. The van der Waals surface area contributed by atoms with E-state index in [2.05, 4.69) is 15.9 Å². The molecule has 2 N–H and O–H groups in total. The van der Waals surface area contributed by atoms with Gasteiger partial charge in [-0.1, -0.05) is 12.1 Å². The number of nitrogen functional groups attached to an aromatic ring is 1. The topological polar surface area (TPSA) is 86.2 Å². The molecule has 104 valence electrons. The molecule has 0 heterocycles. The van der Waals surface area contributed by atoms with E-state index in [1.807, 2.05) is 0 Å². The number of nitrogens with zero attached hydrogens (tertiary/aromatic N) is 1. The van der Waals surface area contributed by atoms with Crippen LogP contribution >= 0.6 is 15.9 Å². The smallest absolute Gasteiger partial charge is 0.269 e. The molecule has 0 aromatic heterocycles. The second-order valence-corrected chi connectivity index (χ2v) is 6.38. The lowest BCUT2D eigenvalue weighted by molar-refractivity contribution is -0.384. The van der Waals surface area contributed by atoms with Crippen molar-refractivity contribution in [3.63, 3.8) is 0 Å². The van der Waals surface area contributed by atoms with E-state index in [9.17, 15) is 14.3 Å². The molecule has 1 atom stereocenters. The molecule has 0 fully saturated rings. The summed E-state index contributed by atoms with van der Waals surface area (Å²) in [5.74, 6) is 0.212. The molecule has 0 saturated carbocycles. The van der Waals surface area contributed by atoms with Crippen LogP contribution in [0.15, 0.2) is 51.8 Å². The van der Waals surface area contributed by atoms with E-state index < -0.39 is 15.7 Å². The van der Waals surface area contributed by atoms with Crippen molar-refractivity contribution in [1.82, 2.24) is 0 Å². The van der Waals surface area contributed by atoms with Crippen LogP contribution in [-0.4, -0.2) is 9.13 Å². The van der Waals surface area contributed by atoms with Gasteiger partial charge in [-0.2, -0.15) is 0 Å². The Hall–Kier alpha value is -1.73. The van der Waals surface area contributed by atoms with Crippen molar-refractivity contribution in [1.29, 1.82) is 0 Å². The first-order valence-electron chi connectivity index (χ1n) is 5.64. The lowest BCUT2D eigenvalue weighted by Crippen LogP contribution is -1.99. The molecule has 7 heteroatoms. The highest BCUT2D eigenvalue weighted by molar-refractivity contribution is 9.10. The molecule has 20 heavy (non-hydrogen) atoms. The summed E-state index contributed by atoms with van der Waals surface area (Å²) in [4.78, 5) is 10.9. The van der Waals surface area contributed by atoms with Crippen molar-refractivity contribution in [2.24, 2.45) is 0 Å². The Balaban J connectivity index is 2.23. The van der Waals surface area contributed by atoms with Crippen LogP contribution in [0.5, 0.6) is 0 Å². The van der Waals surface area contributed by atoms with Crippen LogP contribution in [0.4, 0.5) is 11.4 Å². The molecule has 2 aromatic carbocycles. The van der Waals surface area contributed by atoms with Crippen LogP contribution in [0.25, 0.3) is 0 Å². The molecule has 0 spiro atoms. The van der Waals surface area contributed by atoms with Crippen LogP contribution in [-0.2, 0) is 16.6 Å². The van der Waals surface area contributed by atoms with E-state index >= 15 is 0 Å². The molecule has 1 unspecified atom stereocenters. The number of nitro groups is 1. The number of halogens is 1. The van der Waals surface area contributed by atoms with E-state index in [1.54, 1.807) is 30.3 Å². The number of non-ortho nitro benzene ring substituents is 1. The number of anilines is 1. The number of nitro benzene ring substituents is 1. The van der Waals surface area contributed by atoms with E-state index in [4.69, 9.17) is 5.73 Å². The molecule has 0 aliphatic heterocycles. The van der Waals surface area contributed by atoms with Gasteiger partial charge in [-0.05, 0) is 39.7 Å². The number of rotatable bonds is 4. The molecular formula is C13H11BrN2O3S. The Morgan fingerprint density at radius 3 is 2.65 bits per heavy atom. The molecule has 0 aliphatic carbocycles. The normalized spacial score (nSPS) is 12.1. The highest BCUT2D eigenvalue weighted by Crippen LogP contribution is 2.25. The summed E-state index contributed by atoms with van der Waals surface area (Å²) in [6, 6.07) is 11.2. The summed E-state index contributed by atoms with van der Waals surface area (Å²) in [7, 11) is -1.30. The summed E-state index contributed by atoms with van der Waals surface area (Å²) in [6.07, 6.45) is 0. The summed E-state index contributed by atoms with van der Waals surface area (Å²) >= 11 is 3.32. The van der Waals surface area contributed by atoms with Gasteiger partial charge < -0.3 is 5.73 Å². The Kier molecular flexibility index (Phi) is 4.51. The summed E-state index contributed by atoms with van der Waals surface area (Å²) in [5.41, 5.74) is 6.86. The lowest BCUT2D eigenvalue weighted by atomic mass is 10.2. The van der Waals surface area contributed by atoms with Crippen LogP contribution in [0.3, 0.4) is 0 Å². The van der Waals surface area contributed by atoms with E-state index in [1.165, 1.54) is 12.1 Å². The molecule has 2 aromatic rings. The average molecular weight is 355 g/mol. The second kappa shape index (κ2) is 6.15.